The molecular weight excluding hydrogens is 491 g/mol. The molecule has 1 spiro atoms. The Morgan fingerprint density at radius 2 is 1.44 bits per heavy atom. The average molecular weight is 515 g/mol. The largest absolute Gasteiger partial charge is 0.352 e. The van der Waals surface area contributed by atoms with Crippen LogP contribution < -0.4 is 10.2 Å². The molecule has 4 aromatic carbocycles. The van der Waals surface area contributed by atoms with E-state index in [9.17, 15) is 18.8 Å². The number of ketones is 2. The summed E-state index contributed by atoms with van der Waals surface area (Å²) in [7, 11) is 0. The van der Waals surface area contributed by atoms with Crippen molar-refractivity contribution in [1.29, 1.82) is 0 Å². The Morgan fingerprint density at radius 1 is 0.769 bits per heavy atom. The van der Waals surface area contributed by atoms with E-state index in [0.29, 0.717) is 16.8 Å². The van der Waals surface area contributed by atoms with E-state index in [1.54, 1.807) is 24.3 Å². The van der Waals surface area contributed by atoms with E-state index in [-0.39, 0.29) is 23.0 Å². The van der Waals surface area contributed by atoms with Gasteiger partial charge in [0, 0.05) is 22.5 Å². The van der Waals surface area contributed by atoms with Gasteiger partial charge >= 0.3 is 0 Å². The van der Waals surface area contributed by atoms with Crippen molar-refractivity contribution < 1.29 is 18.8 Å². The van der Waals surface area contributed by atoms with Gasteiger partial charge in [0.25, 0.3) is 0 Å². The van der Waals surface area contributed by atoms with E-state index >= 15 is 0 Å². The lowest BCUT2D eigenvalue weighted by molar-refractivity contribution is -0.121. The molecule has 0 bridgehead atoms. The number of nitrogens with zero attached hydrogens (tertiary/aromatic N) is 1. The number of anilines is 2. The molecule has 4 aromatic rings. The van der Waals surface area contributed by atoms with Crippen LogP contribution in [0.3, 0.4) is 0 Å². The molecule has 0 unspecified atom stereocenters. The SMILES string of the molecule is O=C(c1ccccc1)[C@@H]1[C@@H](C(=O)c2ccc(F)cc2)[C@]2(C(=O)Nc3ccccc32)[C@H]2C=Cc3ccccc3N12. The molecule has 4 atom stereocenters. The predicted octanol–water partition coefficient (Wildman–Crippen LogP) is 5.68. The predicted molar refractivity (Wildman–Crippen MR) is 147 cm³/mol. The third-order valence-corrected chi connectivity index (χ3v) is 8.28. The Hall–Kier alpha value is -4.84. The zero-order chi connectivity index (χ0) is 26.7. The van der Waals surface area contributed by atoms with Crippen LogP contribution in [0.25, 0.3) is 6.08 Å². The van der Waals surface area contributed by atoms with Crippen molar-refractivity contribution in [2.75, 3.05) is 10.2 Å². The second-order valence-corrected chi connectivity index (χ2v) is 10.2. The number of fused-ring (bicyclic) bond motifs is 6. The second kappa shape index (κ2) is 8.60. The van der Waals surface area contributed by atoms with Crippen LogP contribution in [0.5, 0.6) is 0 Å². The minimum absolute atomic E-state index is 0.250. The first-order valence-corrected chi connectivity index (χ1v) is 12.9. The van der Waals surface area contributed by atoms with E-state index in [2.05, 4.69) is 5.32 Å². The lowest BCUT2D eigenvalue weighted by Gasteiger charge is -2.37. The van der Waals surface area contributed by atoms with Crippen molar-refractivity contribution in [1.82, 2.24) is 0 Å². The average Bonchev–Trinajstić information content (AvgIpc) is 3.45. The van der Waals surface area contributed by atoms with Gasteiger partial charge < -0.3 is 10.2 Å². The fourth-order valence-corrected chi connectivity index (χ4v) is 6.69. The summed E-state index contributed by atoms with van der Waals surface area (Å²) in [5.41, 5.74) is 2.30. The number of rotatable bonds is 4. The number of hydrogen-bond donors (Lipinski definition) is 1. The standard InChI is InChI=1S/C33H23FN2O3/c34-23-17-14-22(15-18-23)30(37)28-29(31(38)21-9-2-1-3-10-21)36-26-13-7-4-8-20(26)16-19-27(36)33(28)24-11-5-6-12-25(24)35-32(33)39/h1-19,27-29H,(H,35,39)/t27-,28+,29+,33-/m1/s1. The molecular formula is C33H23FN2O3. The van der Waals surface area contributed by atoms with E-state index in [1.807, 2.05) is 71.6 Å². The lowest BCUT2D eigenvalue weighted by atomic mass is 9.64. The normalized spacial score (nSPS) is 24.2. The highest BCUT2D eigenvalue weighted by Crippen LogP contribution is 2.58. The lowest BCUT2D eigenvalue weighted by Crippen LogP contribution is -2.51. The molecule has 0 saturated carbocycles. The number of para-hydroxylation sites is 2. The summed E-state index contributed by atoms with van der Waals surface area (Å²) in [6.07, 6.45) is 3.90. The zero-order valence-corrected chi connectivity index (χ0v) is 20.8. The molecule has 3 aliphatic rings. The fourth-order valence-electron chi connectivity index (χ4n) is 6.69. The topological polar surface area (TPSA) is 66.5 Å². The minimum atomic E-state index is -1.39. The van der Waals surface area contributed by atoms with Gasteiger partial charge in [-0.15, -0.1) is 0 Å². The Labute approximate surface area is 224 Å². The summed E-state index contributed by atoms with van der Waals surface area (Å²) >= 11 is 0. The summed E-state index contributed by atoms with van der Waals surface area (Å²) in [5.74, 6) is -2.51. The van der Waals surface area contributed by atoms with Crippen molar-refractivity contribution in [3.05, 3.63) is 137 Å². The molecule has 7 rings (SSSR count). The van der Waals surface area contributed by atoms with Crippen LogP contribution in [-0.4, -0.2) is 29.6 Å². The molecule has 1 amide bonds. The van der Waals surface area contributed by atoms with Gasteiger partial charge in [-0.25, -0.2) is 4.39 Å². The van der Waals surface area contributed by atoms with Gasteiger partial charge in [0.2, 0.25) is 5.91 Å². The first-order chi connectivity index (χ1) is 19.0. The molecule has 0 aliphatic carbocycles. The number of carbonyl (C=O) groups excluding carboxylic acids is 3. The molecule has 1 saturated heterocycles. The van der Waals surface area contributed by atoms with Gasteiger partial charge in [0.1, 0.15) is 17.3 Å². The van der Waals surface area contributed by atoms with Crippen LogP contribution >= 0.6 is 0 Å². The molecule has 1 N–H and O–H groups in total. The van der Waals surface area contributed by atoms with Crippen molar-refractivity contribution >= 4 is 34.9 Å². The maximum Gasteiger partial charge on any atom is 0.238 e. The Morgan fingerprint density at radius 3 is 2.23 bits per heavy atom. The molecule has 0 radical (unpaired) electrons. The number of nitrogens with one attached hydrogen (secondary N) is 1. The highest BCUT2D eigenvalue weighted by atomic mass is 19.1. The smallest absolute Gasteiger partial charge is 0.238 e. The van der Waals surface area contributed by atoms with Crippen LogP contribution in [0.15, 0.2) is 109 Å². The van der Waals surface area contributed by atoms with E-state index in [1.165, 1.54) is 24.3 Å². The van der Waals surface area contributed by atoms with Crippen LogP contribution in [0.4, 0.5) is 15.8 Å². The van der Waals surface area contributed by atoms with Gasteiger partial charge in [0.05, 0.1) is 12.0 Å². The van der Waals surface area contributed by atoms with Crippen molar-refractivity contribution in [2.45, 2.75) is 17.5 Å². The van der Waals surface area contributed by atoms with Crippen LogP contribution in [0.1, 0.15) is 31.8 Å². The summed E-state index contributed by atoms with van der Waals surface area (Å²) < 4.78 is 13.9. The van der Waals surface area contributed by atoms with Gasteiger partial charge in [-0.2, -0.15) is 0 Å². The number of benzene rings is 4. The molecule has 3 heterocycles. The fraction of sp³-hybridized carbons (Fsp3) is 0.121. The molecule has 5 nitrogen and oxygen atoms in total. The van der Waals surface area contributed by atoms with Crippen LogP contribution in [-0.2, 0) is 10.2 Å². The van der Waals surface area contributed by atoms with Gasteiger partial charge in [-0.3, -0.25) is 14.4 Å². The monoisotopic (exact) mass is 514 g/mol. The number of amides is 1. The molecule has 39 heavy (non-hydrogen) atoms. The summed E-state index contributed by atoms with van der Waals surface area (Å²) in [4.78, 5) is 45.2. The highest BCUT2D eigenvalue weighted by Gasteiger charge is 2.70. The highest BCUT2D eigenvalue weighted by molar-refractivity contribution is 6.18. The van der Waals surface area contributed by atoms with E-state index in [0.717, 1.165) is 11.3 Å². The quantitative estimate of drug-likeness (QED) is 0.356. The Bertz CT molecular complexity index is 1680. The van der Waals surface area contributed by atoms with Crippen molar-refractivity contribution in [3.63, 3.8) is 0 Å². The van der Waals surface area contributed by atoms with Crippen molar-refractivity contribution in [3.8, 4) is 0 Å². The Kier molecular flexibility index (Phi) is 5.13. The van der Waals surface area contributed by atoms with Crippen LogP contribution in [0.2, 0.25) is 0 Å². The maximum atomic E-state index is 14.6. The summed E-state index contributed by atoms with van der Waals surface area (Å²) in [6, 6.07) is 27.6. The van der Waals surface area contributed by atoms with Gasteiger partial charge in [-0.1, -0.05) is 78.9 Å². The first-order valence-electron chi connectivity index (χ1n) is 12.9. The number of carbonyl (C=O) groups is 3. The van der Waals surface area contributed by atoms with E-state index in [4.69, 9.17) is 0 Å². The molecule has 6 heteroatoms. The third-order valence-electron chi connectivity index (χ3n) is 8.28. The summed E-state index contributed by atoms with van der Waals surface area (Å²) in [5, 5.41) is 3.01. The first kappa shape index (κ1) is 23.3. The number of hydrogen-bond acceptors (Lipinski definition) is 4. The molecule has 1 fully saturated rings. The van der Waals surface area contributed by atoms with Gasteiger partial charge in [-0.05, 0) is 47.5 Å². The third kappa shape index (κ3) is 3.21. The summed E-state index contributed by atoms with van der Waals surface area (Å²) in [6.45, 7) is 0. The second-order valence-electron chi connectivity index (χ2n) is 10.2. The number of halogens is 1. The maximum absolute atomic E-state index is 14.6. The number of Topliss-reactive ketones (excluding diaryl/α,β-unsaturated/α-hetero) is 2. The minimum Gasteiger partial charge on any atom is -0.352 e. The Balaban J connectivity index is 1.54. The van der Waals surface area contributed by atoms with Crippen LogP contribution in [0, 0.1) is 11.7 Å². The molecule has 3 aliphatic heterocycles. The molecule has 190 valence electrons. The van der Waals surface area contributed by atoms with E-state index < -0.39 is 29.2 Å². The van der Waals surface area contributed by atoms with Gasteiger partial charge in [0.15, 0.2) is 11.6 Å². The zero-order valence-electron chi connectivity index (χ0n) is 20.8. The van der Waals surface area contributed by atoms with Crippen molar-refractivity contribution in [2.24, 2.45) is 5.92 Å². The molecule has 0 aromatic heterocycles.